The third-order valence-corrected chi connectivity index (χ3v) is 1.68. The summed E-state index contributed by atoms with van der Waals surface area (Å²) in [4.78, 5) is 11.2. The van der Waals surface area contributed by atoms with Gasteiger partial charge in [-0.15, -0.1) is 0 Å². The van der Waals surface area contributed by atoms with Gasteiger partial charge in [-0.3, -0.25) is 0 Å². The summed E-state index contributed by atoms with van der Waals surface area (Å²) in [5.41, 5.74) is 6.91. The lowest BCUT2D eigenvalue weighted by Gasteiger charge is -2.06. The van der Waals surface area contributed by atoms with E-state index in [1.807, 2.05) is 6.92 Å². The van der Waals surface area contributed by atoms with Crippen LogP contribution in [0.5, 0.6) is 0 Å². The van der Waals surface area contributed by atoms with Gasteiger partial charge >= 0.3 is 6.03 Å². The fourth-order valence-corrected chi connectivity index (χ4v) is 1.03. The summed E-state index contributed by atoms with van der Waals surface area (Å²) < 4.78 is 0. The Balaban J connectivity index is 2.47. The molecule has 0 fully saturated rings. The Morgan fingerprint density at radius 3 is 2.93 bits per heavy atom. The summed E-state index contributed by atoms with van der Waals surface area (Å²) >= 11 is 0. The molecule has 1 aromatic rings. The van der Waals surface area contributed by atoms with E-state index in [2.05, 4.69) is 10.6 Å². The predicted octanol–water partition coefficient (Wildman–Crippen LogP) is 1.80. The number of hydrogen-bond donors (Lipinski definition) is 3. The van der Waals surface area contributed by atoms with Gasteiger partial charge in [-0.25, -0.2) is 4.79 Å². The average molecular weight is 193 g/mol. The first kappa shape index (κ1) is 10.4. The molecule has 1 aromatic carbocycles. The van der Waals surface area contributed by atoms with Crippen molar-refractivity contribution < 1.29 is 4.79 Å². The van der Waals surface area contributed by atoms with Crippen molar-refractivity contribution in [3.8, 4) is 0 Å². The smallest absolute Gasteiger partial charge is 0.319 e. The number of nitrogen functional groups attached to an aromatic ring is 1. The topological polar surface area (TPSA) is 67.2 Å². The van der Waals surface area contributed by atoms with Gasteiger partial charge in [-0.05, 0) is 24.6 Å². The summed E-state index contributed by atoms with van der Waals surface area (Å²) in [5.74, 6) is 0. The molecule has 0 unspecified atom stereocenters. The van der Waals surface area contributed by atoms with Gasteiger partial charge in [-0.1, -0.05) is 13.0 Å². The Bertz CT molecular complexity index is 312. The van der Waals surface area contributed by atoms with Crippen LogP contribution in [0, 0.1) is 0 Å². The van der Waals surface area contributed by atoms with Crippen LogP contribution in [0.4, 0.5) is 16.2 Å². The minimum absolute atomic E-state index is 0.197. The van der Waals surface area contributed by atoms with Crippen molar-refractivity contribution in [3.63, 3.8) is 0 Å². The van der Waals surface area contributed by atoms with E-state index in [1.165, 1.54) is 0 Å². The molecular formula is C10H15N3O. The van der Waals surface area contributed by atoms with E-state index in [-0.39, 0.29) is 6.03 Å². The van der Waals surface area contributed by atoms with E-state index in [4.69, 9.17) is 5.73 Å². The number of nitrogens with two attached hydrogens (primary N) is 1. The van der Waals surface area contributed by atoms with Crippen LogP contribution in [0.2, 0.25) is 0 Å². The Hall–Kier alpha value is -1.71. The van der Waals surface area contributed by atoms with E-state index in [9.17, 15) is 4.79 Å². The van der Waals surface area contributed by atoms with Gasteiger partial charge in [0.15, 0.2) is 0 Å². The first-order valence-corrected chi connectivity index (χ1v) is 4.62. The molecule has 0 aromatic heterocycles. The second kappa shape index (κ2) is 5.11. The summed E-state index contributed by atoms with van der Waals surface area (Å²) in [7, 11) is 0. The molecule has 76 valence electrons. The van der Waals surface area contributed by atoms with Gasteiger partial charge in [0.25, 0.3) is 0 Å². The molecule has 4 N–H and O–H groups in total. The van der Waals surface area contributed by atoms with Crippen LogP contribution in [0.15, 0.2) is 24.3 Å². The van der Waals surface area contributed by atoms with E-state index >= 15 is 0 Å². The Morgan fingerprint density at radius 2 is 2.29 bits per heavy atom. The molecule has 14 heavy (non-hydrogen) atoms. The quantitative estimate of drug-likeness (QED) is 0.641. The van der Waals surface area contributed by atoms with Crippen LogP contribution in [0.25, 0.3) is 0 Å². The van der Waals surface area contributed by atoms with E-state index < -0.39 is 0 Å². The van der Waals surface area contributed by atoms with Crippen LogP contribution >= 0.6 is 0 Å². The number of urea groups is 1. The molecule has 0 saturated heterocycles. The highest BCUT2D eigenvalue weighted by molar-refractivity contribution is 5.89. The highest BCUT2D eigenvalue weighted by atomic mass is 16.2. The third kappa shape index (κ3) is 3.35. The molecule has 4 nitrogen and oxygen atoms in total. The molecule has 0 aliphatic carbocycles. The molecule has 0 radical (unpaired) electrons. The Labute approximate surface area is 83.5 Å². The van der Waals surface area contributed by atoms with Crippen molar-refractivity contribution >= 4 is 17.4 Å². The van der Waals surface area contributed by atoms with E-state index in [0.717, 1.165) is 6.42 Å². The fourth-order valence-electron chi connectivity index (χ4n) is 1.03. The van der Waals surface area contributed by atoms with Crippen LogP contribution in [-0.4, -0.2) is 12.6 Å². The molecule has 0 aliphatic rings. The number of hydrogen-bond acceptors (Lipinski definition) is 2. The number of carbonyl (C=O) groups excluding carboxylic acids is 1. The van der Waals surface area contributed by atoms with E-state index in [1.54, 1.807) is 24.3 Å². The number of carbonyl (C=O) groups is 1. The molecule has 1 rings (SSSR count). The lowest BCUT2D eigenvalue weighted by molar-refractivity contribution is 0.252. The molecular weight excluding hydrogens is 178 g/mol. The fraction of sp³-hybridized carbons (Fsp3) is 0.300. The van der Waals surface area contributed by atoms with Gasteiger partial charge in [0, 0.05) is 17.9 Å². The summed E-state index contributed by atoms with van der Waals surface area (Å²) in [6.07, 6.45) is 0.921. The molecule has 4 heteroatoms. The second-order valence-electron chi connectivity index (χ2n) is 3.01. The first-order valence-electron chi connectivity index (χ1n) is 4.62. The van der Waals surface area contributed by atoms with Crippen molar-refractivity contribution in [1.29, 1.82) is 0 Å². The summed E-state index contributed by atoms with van der Waals surface area (Å²) in [6, 6.07) is 6.88. The Morgan fingerprint density at radius 1 is 1.50 bits per heavy atom. The number of amides is 2. The van der Waals surface area contributed by atoms with Crippen molar-refractivity contribution in [2.75, 3.05) is 17.6 Å². The van der Waals surface area contributed by atoms with Crippen LogP contribution in [0.3, 0.4) is 0 Å². The molecule has 0 aliphatic heterocycles. The highest BCUT2D eigenvalue weighted by Crippen LogP contribution is 2.11. The van der Waals surface area contributed by atoms with Crippen LogP contribution < -0.4 is 16.4 Å². The number of anilines is 2. The number of benzene rings is 1. The highest BCUT2D eigenvalue weighted by Gasteiger charge is 1.99. The van der Waals surface area contributed by atoms with Crippen molar-refractivity contribution in [2.24, 2.45) is 0 Å². The third-order valence-electron chi connectivity index (χ3n) is 1.68. The molecule has 0 spiro atoms. The molecule has 0 saturated carbocycles. The average Bonchev–Trinajstić information content (AvgIpc) is 2.15. The monoisotopic (exact) mass is 193 g/mol. The minimum atomic E-state index is -0.197. The maximum atomic E-state index is 11.2. The SMILES string of the molecule is CCCNC(=O)Nc1cccc(N)c1. The van der Waals surface area contributed by atoms with Crippen molar-refractivity contribution in [3.05, 3.63) is 24.3 Å². The van der Waals surface area contributed by atoms with Gasteiger partial charge < -0.3 is 16.4 Å². The van der Waals surface area contributed by atoms with Crippen molar-refractivity contribution in [2.45, 2.75) is 13.3 Å². The second-order valence-corrected chi connectivity index (χ2v) is 3.01. The van der Waals surface area contributed by atoms with Gasteiger partial charge in [0.05, 0.1) is 0 Å². The summed E-state index contributed by atoms with van der Waals surface area (Å²) in [5, 5.41) is 5.40. The van der Waals surface area contributed by atoms with Crippen LogP contribution in [-0.2, 0) is 0 Å². The first-order chi connectivity index (χ1) is 6.72. The normalized spacial score (nSPS) is 9.50. The van der Waals surface area contributed by atoms with Crippen LogP contribution in [0.1, 0.15) is 13.3 Å². The van der Waals surface area contributed by atoms with Gasteiger partial charge in [0.1, 0.15) is 0 Å². The predicted molar refractivity (Wildman–Crippen MR) is 58.2 cm³/mol. The van der Waals surface area contributed by atoms with E-state index in [0.29, 0.717) is 17.9 Å². The molecule has 0 bridgehead atoms. The van der Waals surface area contributed by atoms with Gasteiger partial charge in [0.2, 0.25) is 0 Å². The minimum Gasteiger partial charge on any atom is -0.399 e. The molecule has 0 heterocycles. The molecule has 0 atom stereocenters. The largest absolute Gasteiger partial charge is 0.399 e. The zero-order valence-corrected chi connectivity index (χ0v) is 8.21. The number of rotatable bonds is 3. The Kier molecular flexibility index (Phi) is 3.79. The lowest BCUT2D eigenvalue weighted by Crippen LogP contribution is -2.29. The molecule has 2 amide bonds. The zero-order chi connectivity index (χ0) is 10.4. The van der Waals surface area contributed by atoms with Crippen molar-refractivity contribution in [1.82, 2.24) is 5.32 Å². The van der Waals surface area contributed by atoms with Gasteiger partial charge in [-0.2, -0.15) is 0 Å². The summed E-state index contributed by atoms with van der Waals surface area (Å²) in [6.45, 7) is 2.68. The number of nitrogens with one attached hydrogen (secondary N) is 2. The zero-order valence-electron chi connectivity index (χ0n) is 8.21. The standard InChI is InChI=1S/C10H15N3O/c1-2-6-12-10(14)13-9-5-3-4-8(11)7-9/h3-5,7H,2,6,11H2,1H3,(H2,12,13,14). The maximum absolute atomic E-state index is 11.2. The maximum Gasteiger partial charge on any atom is 0.319 e. The lowest BCUT2D eigenvalue weighted by atomic mass is 10.3.